The molecule has 1 heterocycles. The van der Waals surface area contributed by atoms with Crippen LogP contribution in [-0.2, 0) is 17.8 Å². The van der Waals surface area contributed by atoms with Crippen LogP contribution in [-0.4, -0.2) is 29.9 Å². The summed E-state index contributed by atoms with van der Waals surface area (Å²) in [6.45, 7) is 0.786. The van der Waals surface area contributed by atoms with Gasteiger partial charge in [-0.2, -0.15) is 0 Å². The van der Waals surface area contributed by atoms with Crippen molar-refractivity contribution in [3.05, 3.63) is 93.7 Å². The van der Waals surface area contributed by atoms with E-state index in [2.05, 4.69) is 21.2 Å². The number of halogens is 2. The molecule has 0 aromatic heterocycles. The van der Waals surface area contributed by atoms with Crippen molar-refractivity contribution in [2.24, 2.45) is 0 Å². The molecule has 158 valence electrons. The van der Waals surface area contributed by atoms with Crippen molar-refractivity contribution in [2.45, 2.75) is 13.0 Å². The van der Waals surface area contributed by atoms with Crippen LogP contribution in [0.1, 0.15) is 21.5 Å². The molecule has 0 spiro atoms. The van der Waals surface area contributed by atoms with Gasteiger partial charge >= 0.3 is 0 Å². The largest absolute Gasteiger partial charge is 0.483 e. The van der Waals surface area contributed by atoms with Gasteiger partial charge < -0.3 is 15.0 Å². The average molecular weight is 483 g/mol. The van der Waals surface area contributed by atoms with Crippen LogP contribution in [0.3, 0.4) is 0 Å². The summed E-state index contributed by atoms with van der Waals surface area (Å²) < 4.78 is 19.8. The fourth-order valence-corrected chi connectivity index (χ4v) is 3.78. The molecule has 0 unspecified atom stereocenters. The van der Waals surface area contributed by atoms with Gasteiger partial charge in [-0.05, 0) is 60.5 Å². The molecule has 7 heteroatoms. The summed E-state index contributed by atoms with van der Waals surface area (Å²) in [6, 6.07) is 18.7. The Bertz CT molecular complexity index is 1100. The van der Waals surface area contributed by atoms with Crippen LogP contribution in [0.4, 0.5) is 10.1 Å². The third-order valence-corrected chi connectivity index (χ3v) is 5.58. The second-order valence-corrected chi connectivity index (χ2v) is 8.14. The van der Waals surface area contributed by atoms with Crippen LogP contribution < -0.4 is 10.1 Å². The number of benzene rings is 3. The molecule has 0 atom stereocenters. The molecule has 31 heavy (non-hydrogen) atoms. The summed E-state index contributed by atoms with van der Waals surface area (Å²) in [5, 5.41) is 2.78. The minimum atomic E-state index is -0.301. The van der Waals surface area contributed by atoms with Crippen LogP contribution >= 0.6 is 15.9 Å². The van der Waals surface area contributed by atoms with E-state index >= 15 is 0 Å². The zero-order valence-electron chi connectivity index (χ0n) is 16.6. The Morgan fingerprint density at radius 1 is 1.06 bits per heavy atom. The number of hydrogen-bond donors (Lipinski definition) is 1. The molecule has 0 bridgehead atoms. The van der Waals surface area contributed by atoms with Gasteiger partial charge in [0.05, 0.1) is 0 Å². The monoisotopic (exact) mass is 482 g/mol. The molecule has 4 rings (SSSR count). The van der Waals surface area contributed by atoms with Gasteiger partial charge in [-0.3, -0.25) is 9.59 Å². The van der Waals surface area contributed by atoms with Gasteiger partial charge in [-0.1, -0.05) is 34.1 Å². The maximum absolute atomic E-state index is 13.1. The van der Waals surface area contributed by atoms with E-state index in [1.165, 1.54) is 12.1 Å². The molecule has 0 fully saturated rings. The number of carbonyl (C=O) groups is 2. The van der Waals surface area contributed by atoms with Crippen LogP contribution in [0.5, 0.6) is 5.75 Å². The lowest BCUT2D eigenvalue weighted by Gasteiger charge is -2.29. The first kappa shape index (κ1) is 21.1. The number of nitrogens with one attached hydrogen (secondary N) is 1. The smallest absolute Gasteiger partial charge is 0.262 e. The highest BCUT2D eigenvalue weighted by Crippen LogP contribution is 2.29. The molecule has 5 nitrogen and oxygen atoms in total. The van der Waals surface area contributed by atoms with Crippen molar-refractivity contribution in [2.75, 3.05) is 18.5 Å². The number of amides is 2. The molecule has 1 aliphatic rings. The Morgan fingerprint density at radius 2 is 1.81 bits per heavy atom. The summed E-state index contributed by atoms with van der Waals surface area (Å²) in [6.07, 6.45) is 0.618. The first-order valence-electron chi connectivity index (χ1n) is 9.83. The van der Waals surface area contributed by atoms with Gasteiger partial charge in [-0.15, -0.1) is 0 Å². The van der Waals surface area contributed by atoms with E-state index in [0.29, 0.717) is 36.5 Å². The normalized spacial score (nSPS) is 13.0. The number of ether oxygens (including phenoxy) is 1. The van der Waals surface area contributed by atoms with Crippen molar-refractivity contribution in [3.63, 3.8) is 0 Å². The van der Waals surface area contributed by atoms with Crippen molar-refractivity contribution in [3.8, 4) is 5.75 Å². The van der Waals surface area contributed by atoms with E-state index < -0.39 is 0 Å². The zero-order chi connectivity index (χ0) is 21.8. The molecule has 0 radical (unpaired) electrons. The molecule has 1 aliphatic heterocycles. The van der Waals surface area contributed by atoms with E-state index in [-0.39, 0.29) is 24.2 Å². The third kappa shape index (κ3) is 5.11. The minimum absolute atomic E-state index is 0.102. The van der Waals surface area contributed by atoms with Crippen molar-refractivity contribution >= 4 is 33.4 Å². The van der Waals surface area contributed by atoms with Gasteiger partial charge in [0.25, 0.3) is 11.8 Å². The highest BCUT2D eigenvalue weighted by atomic mass is 79.9. The number of hydrogen-bond acceptors (Lipinski definition) is 3. The van der Waals surface area contributed by atoms with Crippen molar-refractivity contribution in [1.82, 2.24) is 4.90 Å². The SMILES string of the molecule is O=C(COc1cccc2c1CCN(Cc1ccc(F)cc1)C2=O)Nc1ccc(Br)cc1. The summed E-state index contributed by atoms with van der Waals surface area (Å²) in [5.74, 6) is -0.140. The van der Waals surface area contributed by atoms with Gasteiger partial charge in [-0.25, -0.2) is 4.39 Å². The molecular formula is C24H20BrFN2O3. The highest BCUT2D eigenvalue weighted by Gasteiger charge is 2.26. The van der Waals surface area contributed by atoms with E-state index in [4.69, 9.17) is 4.74 Å². The first-order valence-corrected chi connectivity index (χ1v) is 10.6. The number of carbonyl (C=O) groups excluding carboxylic acids is 2. The molecular weight excluding hydrogens is 463 g/mol. The van der Waals surface area contributed by atoms with Crippen molar-refractivity contribution < 1.29 is 18.7 Å². The van der Waals surface area contributed by atoms with Crippen LogP contribution in [0.2, 0.25) is 0 Å². The van der Waals surface area contributed by atoms with Crippen molar-refractivity contribution in [1.29, 1.82) is 0 Å². The minimum Gasteiger partial charge on any atom is -0.483 e. The maximum atomic E-state index is 13.1. The molecule has 3 aromatic rings. The summed E-state index contributed by atoms with van der Waals surface area (Å²) in [5.41, 5.74) is 2.92. The van der Waals surface area contributed by atoms with Gasteiger partial charge in [0, 0.05) is 34.4 Å². The quantitative estimate of drug-likeness (QED) is 0.548. The Labute approximate surface area is 188 Å². The zero-order valence-corrected chi connectivity index (χ0v) is 18.2. The molecule has 0 saturated heterocycles. The molecule has 0 saturated carbocycles. The predicted octanol–water partition coefficient (Wildman–Crippen LogP) is 4.80. The number of fused-ring (bicyclic) bond motifs is 1. The third-order valence-electron chi connectivity index (χ3n) is 5.06. The number of anilines is 1. The Hall–Kier alpha value is -3.19. The molecule has 0 aliphatic carbocycles. The van der Waals surface area contributed by atoms with Gasteiger partial charge in [0.2, 0.25) is 0 Å². The lowest BCUT2D eigenvalue weighted by atomic mass is 9.97. The van der Waals surface area contributed by atoms with E-state index in [0.717, 1.165) is 15.6 Å². The standard InChI is InChI=1S/C24H20BrFN2O3/c25-17-6-10-19(11-7-17)27-23(29)15-31-22-3-1-2-21-20(22)12-13-28(24(21)30)14-16-4-8-18(26)9-5-16/h1-11H,12-15H2,(H,27,29). The fraction of sp³-hybridized carbons (Fsp3) is 0.167. The van der Waals surface area contributed by atoms with Crippen LogP contribution in [0.25, 0.3) is 0 Å². The average Bonchev–Trinajstić information content (AvgIpc) is 2.77. The Kier molecular flexibility index (Phi) is 6.32. The lowest BCUT2D eigenvalue weighted by molar-refractivity contribution is -0.118. The second-order valence-electron chi connectivity index (χ2n) is 7.23. The Morgan fingerprint density at radius 3 is 2.55 bits per heavy atom. The summed E-state index contributed by atoms with van der Waals surface area (Å²) in [4.78, 5) is 26.9. The topological polar surface area (TPSA) is 58.6 Å². The Balaban J connectivity index is 1.41. The first-order chi connectivity index (χ1) is 15.0. The fourth-order valence-electron chi connectivity index (χ4n) is 3.51. The summed E-state index contributed by atoms with van der Waals surface area (Å²) in [7, 11) is 0. The van der Waals surface area contributed by atoms with E-state index in [1.807, 2.05) is 12.1 Å². The maximum Gasteiger partial charge on any atom is 0.262 e. The summed E-state index contributed by atoms with van der Waals surface area (Å²) >= 11 is 3.35. The number of rotatable bonds is 6. The molecule has 3 aromatic carbocycles. The predicted molar refractivity (Wildman–Crippen MR) is 120 cm³/mol. The van der Waals surface area contributed by atoms with Gasteiger partial charge in [0.15, 0.2) is 6.61 Å². The lowest BCUT2D eigenvalue weighted by Crippen LogP contribution is -2.37. The molecule has 1 N–H and O–H groups in total. The second kappa shape index (κ2) is 9.31. The van der Waals surface area contributed by atoms with Gasteiger partial charge in [0.1, 0.15) is 11.6 Å². The van der Waals surface area contributed by atoms with Crippen LogP contribution in [0, 0.1) is 5.82 Å². The van der Waals surface area contributed by atoms with E-state index in [1.54, 1.807) is 47.4 Å². The molecule has 2 amide bonds. The van der Waals surface area contributed by atoms with E-state index in [9.17, 15) is 14.0 Å². The highest BCUT2D eigenvalue weighted by molar-refractivity contribution is 9.10. The number of nitrogens with zero attached hydrogens (tertiary/aromatic N) is 1. The van der Waals surface area contributed by atoms with Crippen LogP contribution in [0.15, 0.2) is 71.2 Å².